The summed E-state index contributed by atoms with van der Waals surface area (Å²) in [6.45, 7) is 0. The van der Waals surface area contributed by atoms with Crippen molar-refractivity contribution < 1.29 is 13.6 Å². The third-order valence-electron chi connectivity index (χ3n) is 2.66. The first kappa shape index (κ1) is 13.2. The van der Waals surface area contributed by atoms with Crippen molar-refractivity contribution in [3.8, 4) is 0 Å². The highest BCUT2D eigenvalue weighted by Crippen LogP contribution is 2.11. The summed E-state index contributed by atoms with van der Waals surface area (Å²) < 4.78 is 25.6. The van der Waals surface area contributed by atoms with Crippen LogP contribution in [0, 0.1) is 11.6 Å². The molecule has 19 heavy (non-hydrogen) atoms. The molecule has 0 aliphatic heterocycles. The zero-order valence-electron chi connectivity index (χ0n) is 10.2. The molecule has 0 atom stereocenters. The average molecular weight is 261 g/mol. The van der Waals surface area contributed by atoms with E-state index in [2.05, 4.69) is 5.32 Å². The summed E-state index contributed by atoms with van der Waals surface area (Å²) in [5.41, 5.74) is 1.32. The summed E-state index contributed by atoms with van der Waals surface area (Å²) in [4.78, 5) is 11.7. The van der Waals surface area contributed by atoms with Crippen LogP contribution in [-0.4, -0.2) is 5.91 Å². The molecular weight excluding hydrogens is 248 g/mol. The number of carbonyl (C=O) groups excluding carboxylic acids is 1. The molecule has 2 aromatic carbocycles. The van der Waals surface area contributed by atoms with E-state index in [0.717, 1.165) is 5.56 Å². The minimum Gasteiger partial charge on any atom is -0.326 e. The minimum atomic E-state index is -0.392. The van der Waals surface area contributed by atoms with Gasteiger partial charge in [0.15, 0.2) is 0 Å². The lowest BCUT2D eigenvalue weighted by atomic mass is 10.1. The van der Waals surface area contributed by atoms with Gasteiger partial charge in [-0.3, -0.25) is 4.79 Å². The lowest BCUT2D eigenvalue weighted by Gasteiger charge is -2.05. The van der Waals surface area contributed by atoms with Crippen molar-refractivity contribution in [2.24, 2.45) is 0 Å². The number of amides is 1. The molecule has 1 N–H and O–H groups in total. The third kappa shape index (κ3) is 4.17. The lowest BCUT2D eigenvalue weighted by molar-refractivity contribution is -0.116. The zero-order valence-corrected chi connectivity index (χ0v) is 10.2. The Balaban J connectivity index is 1.86. The van der Waals surface area contributed by atoms with E-state index in [1.54, 1.807) is 18.2 Å². The number of hydrogen-bond donors (Lipinski definition) is 1. The molecule has 2 rings (SSSR count). The maximum Gasteiger partial charge on any atom is 0.224 e. The Hall–Kier alpha value is -2.23. The number of anilines is 1. The number of aryl methyl sites for hydroxylation is 1. The van der Waals surface area contributed by atoms with Gasteiger partial charge in [-0.1, -0.05) is 18.2 Å². The standard InChI is InChI=1S/C15H13F2NO/c16-12-7-4-11(5-8-12)6-9-15(19)18-14-3-1-2-13(17)10-14/h1-5,7-8,10H,6,9H2,(H,18,19). The summed E-state index contributed by atoms with van der Waals surface area (Å²) in [7, 11) is 0. The van der Waals surface area contributed by atoms with E-state index in [-0.39, 0.29) is 18.1 Å². The van der Waals surface area contributed by atoms with Crippen LogP contribution >= 0.6 is 0 Å². The van der Waals surface area contributed by atoms with Crippen molar-refractivity contribution in [3.63, 3.8) is 0 Å². The quantitative estimate of drug-likeness (QED) is 0.896. The lowest BCUT2D eigenvalue weighted by Crippen LogP contribution is -2.12. The van der Waals surface area contributed by atoms with Crippen LogP contribution in [0.3, 0.4) is 0 Å². The highest BCUT2D eigenvalue weighted by Gasteiger charge is 2.04. The number of carbonyl (C=O) groups is 1. The van der Waals surface area contributed by atoms with Crippen molar-refractivity contribution in [2.75, 3.05) is 5.32 Å². The van der Waals surface area contributed by atoms with E-state index in [1.165, 1.54) is 30.3 Å². The number of rotatable bonds is 4. The summed E-state index contributed by atoms with van der Waals surface area (Å²) in [5, 5.41) is 2.61. The highest BCUT2D eigenvalue weighted by molar-refractivity contribution is 5.90. The molecule has 1 amide bonds. The molecule has 0 fully saturated rings. The second-order valence-corrected chi connectivity index (χ2v) is 4.18. The number of nitrogens with one attached hydrogen (secondary N) is 1. The fourth-order valence-corrected chi connectivity index (χ4v) is 1.70. The maximum absolute atomic E-state index is 12.9. The van der Waals surface area contributed by atoms with Gasteiger partial charge in [0, 0.05) is 12.1 Å². The van der Waals surface area contributed by atoms with E-state index < -0.39 is 5.82 Å². The van der Waals surface area contributed by atoms with Crippen LogP contribution in [-0.2, 0) is 11.2 Å². The average Bonchev–Trinajstić information content (AvgIpc) is 2.38. The second-order valence-electron chi connectivity index (χ2n) is 4.18. The molecule has 2 nitrogen and oxygen atoms in total. The Morgan fingerprint density at radius 3 is 2.42 bits per heavy atom. The number of benzene rings is 2. The van der Waals surface area contributed by atoms with Gasteiger partial charge in [0.25, 0.3) is 0 Å². The van der Waals surface area contributed by atoms with Gasteiger partial charge in [-0.25, -0.2) is 8.78 Å². The maximum atomic E-state index is 12.9. The molecule has 0 unspecified atom stereocenters. The number of halogens is 2. The molecule has 0 heterocycles. The van der Waals surface area contributed by atoms with Crippen molar-refractivity contribution in [1.29, 1.82) is 0 Å². The molecule has 0 spiro atoms. The molecule has 0 aliphatic rings. The van der Waals surface area contributed by atoms with Crippen LogP contribution in [0.5, 0.6) is 0 Å². The van der Waals surface area contributed by atoms with Crippen LogP contribution in [0.2, 0.25) is 0 Å². The molecular formula is C15H13F2NO. The SMILES string of the molecule is O=C(CCc1ccc(F)cc1)Nc1cccc(F)c1. The predicted molar refractivity (Wildman–Crippen MR) is 69.8 cm³/mol. The first-order valence-electron chi connectivity index (χ1n) is 5.93. The largest absolute Gasteiger partial charge is 0.326 e. The van der Waals surface area contributed by atoms with Gasteiger partial charge in [-0.15, -0.1) is 0 Å². The number of hydrogen-bond acceptors (Lipinski definition) is 1. The van der Waals surface area contributed by atoms with E-state index in [9.17, 15) is 13.6 Å². The molecule has 0 aromatic heterocycles. The van der Waals surface area contributed by atoms with Crippen LogP contribution in [0.25, 0.3) is 0 Å². The van der Waals surface area contributed by atoms with Gasteiger partial charge in [0.05, 0.1) is 0 Å². The van der Waals surface area contributed by atoms with Crippen molar-refractivity contribution in [1.82, 2.24) is 0 Å². The minimum absolute atomic E-state index is 0.199. The normalized spacial score (nSPS) is 10.2. The smallest absolute Gasteiger partial charge is 0.224 e. The van der Waals surface area contributed by atoms with Gasteiger partial charge < -0.3 is 5.32 Å². The van der Waals surface area contributed by atoms with E-state index in [1.807, 2.05) is 0 Å². The predicted octanol–water partition coefficient (Wildman–Crippen LogP) is 3.54. The summed E-state index contributed by atoms with van der Waals surface area (Å²) in [5.74, 6) is -0.890. The fourth-order valence-electron chi connectivity index (χ4n) is 1.70. The Kier molecular flexibility index (Phi) is 4.23. The molecule has 2 aromatic rings. The van der Waals surface area contributed by atoms with Gasteiger partial charge in [-0.2, -0.15) is 0 Å². The van der Waals surface area contributed by atoms with Gasteiger partial charge in [0.2, 0.25) is 5.91 Å². The highest BCUT2D eigenvalue weighted by atomic mass is 19.1. The van der Waals surface area contributed by atoms with E-state index in [4.69, 9.17) is 0 Å². The molecule has 0 saturated carbocycles. The zero-order chi connectivity index (χ0) is 13.7. The van der Waals surface area contributed by atoms with E-state index in [0.29, 0.717) is 12.1 Å². The Labute approximate surface area is 110 Å². The van der Waals surface area contributed by atoms with Crippen LogP contribution < -0.4 is 5.32 Å². The van der Waals surface area contributed by atoms with Crippen LogP contribution in [0.4, 0.5) is 14.5 Å². The summed E-state index contributed by atoms with van der Waals surface area (Å²) in [6.07, 6.45) is 0.781. The van der Waals surface area contributed by atoms with Crippen LogP contribution in [0.15, 0.2) is 48.5 Å². The van der Waals surface area contributed by atoms with Gasteiger partial charge in [-0.05, 0) is 42.3 Å². The molecule has 0 aliphatic carbocycles. The van der Waals surface area contributed by atoms with Gasteiger partial charge in [0.1, 0.15) is 11.6 Å². The Bertz CT molecular complexity index is 567. The monoisotopic (exact) mass is 261 g/mol. The molecule has 98 valence electrons. The second kappa shape index (κ2) is 6.09. The topological polar surface area (TPSA) is 29.1 Å². The molecule has 4 heteroatoms. The Morgan fingerprint density at radius 2 is 1.74 bits per heavy atom. The van der Waals surface area contributed by atoms with E-state index >= 15 is 0 Å². The molecule has 0 saturated heterocycles. The molecule has 0 radical (unpaired) electrons. The van der Waals surface area contributed by atoms with Crippen molar-refractivity contribution in [3.05, 3.63) is 65.7 Å². The Morgan fingerprint density at radius 1 is 1.00 bits per heavy atom. The third-order valence-corrected chi connectivity index (χ3v) is 2.66. The molecule has 0 bridgehead atoms. The fraction of sp³-hybridized carbons (Fsp3) is 0.133. The first-order valence-corrected chi connectivity index (χ1v) is 5.93. The van der Waals surface area contributed by atoms with Crippen LogP contribution in [0.1, 0.15) is 12.0 Å². The van der Waals surface area contributed by atoms with Crippen molar-refractivity contribution >= 4 is 11.6 Å². The van der Waals surface area contributed by atoms with Crippen molar-refractivity contribution in [2.45, 2.75) is 12.8 Å². The summed E-state index contributed by atoms with van der Waals surface area (Å²) >= 11 is 0. The summed E-state index contributed by atoms with van der Waals surface area (Å²) in [6, 6.07) is 11.7. The van der Waals surface area contributed by atoms with Gasteiger partial charge >= 0.3 is 0 Å². The first-order chi connectivity index (χ1) is 9.13.